The summed E-state index contributed by atoms with van der Waals surface area (Å²) in [6.07, 6.45) is 2.12. The van der Waals surface area contributed by atoms with E-state index >= 15 is 0 Å². The first-order valence-electron chi connectivity index (χ1n) is 11.6. The van der Waals surface area contributed by atoms with Gasteiger partial charge in [-0.3, -0.25) is 4.31 Å². The lowest BCUT2D eigenvalue weighted by molar-refractivity contribution is 0.590. The number of halogens is 2. The smallest absolute Gasteiger partial charge is 0.264 e. The largest absolute Gasteiger partial charge is 0.399 e. The molecule has 0 aliphatic heterocycles. The fourth-order valence-corrected chi connectivity index (χ4v) is 5.43. The molecular weight excluding hydrogens is 529 g/mol. The van der Waals surface area contributed by atoms with Gasteiger partial charge in [-0.2, -0.15) is 0 Å². The molecule has 1 heterocycles. The fraction of sp³-hybridized carbons (Fsp3) is 0.148. The van der Waals surface area contributed by atoms with Gasteiger partial charge in [0.1, 0.15) is 0 Å². The first-order valence-corrected chi connectivity index (χ1v) is 13.8. The normalized spacial score (nSPS) is 11.2. The van der Waals surface area contributed by atoms with Gasteiger partial charge in [-0.05, 0) is 84.8 Å². The van der Waals surface area contributed by atoms with E-state index in [9.17, 15) is 8.42 Å². The Balaban J connectivity index is 1.57. The molecule has 3 aromatic carbocycles. The van der Waals surface area contributed by atoms with Crippen molar-refractivity contribution >= 4 is 56.1 Å². The molecule has 4 rings (SSSR count). The van der Waals surface area contributed by atoms with Gasteiger partial charge in [-0.15, -0.1) is 0 Å². The van der Waals surface area contributed by atoms with Gasteiger partial charge in [0.25, 0.3) is 10.0 Å². The Hall–Kier alpha value is -3.46. The van der Waals surface area contributed by atoms with Crippen molar-refractivity contribution in [3.63, 3.8) is 0 Å². The summed E-state index contributed by atoms with van der Waals surface area (Å²) in [5.41, 5.74) is 8.82. The summed E-state index contributed by atoms with van der Waals surface area (Å²) in [6, 6.07) is 24.4. The van der Waals surface area contributed by atoms with Crippen molar-refractivity contribution in [1.29, 1.82) is 0 Å². The van der Waals surface area contributed by atoms with Gasteiger partial charge < -0.3 is 16.4 Å². The van der Waals surface area contributed by atoms with Gasteiger partial charge in [-0.1, -0.05) is 35.3 Å². The van der Waals surface area contributed by atoms with Crippen LogP contribution in [0.1, 0.15) is 5.56 Å². The summed E-state index contributed by atoms with van der Waals surface area (Å²) < 4.78 is 29.0. The van der Waals surface area contributed by atoms with E-state index < -0.39 is 10.0 Å². The lowest BCUT2D eigenvalue weighted by Crippen LogP contribution is -2.34. The highest BCUT2D eigenvalue weighted by Crippen LogP contribution is 2.30. The molecule has 37 heavy (non-hydrogen) atoms. The highest BCUT2D eigenvalue weighted by atomic mass is 35.5. The average molecular weight is 557 g/mol. The highest BCUT2D eigenvalue weighted by molar-refractivity contribution is 7.92. The van der Waals surface area contributed by atoms with E-state index in [1.807, 2.05) is 36.4 Å². The Bertz CT molecular complexity index is 1410. The van der Waals surface area contributed by atoms with Gasteiger partial charge >= 0.3 is 0 Å². The second-order valence-electron chi connectivity index (χ2n) is 8.25. The molecule has 10 heteroatoms. The van der Waals surface area contributed by atoms with E-state index in [0.717, 1.165) is 11.3 Å². The molecule has 4 aromatic rings. The second-order valence-corrected chi connectivity index (χ2v) is 11.0. The first-order chi connectivity index (χ1) is 17.8. The highest BCUT2D eigenvalue weighted by Gasteiger charge is 2.27. The number of sulfonamides is 1. The molecule has 0 radical (unpaired) electrons. The zero-order chi connectivity index (χ0) is 26.3. The van der Waals surface area contributed by atoms with Crippen molar-refractivity contribution in [3.8, 4) is 0 Å². The molecule has 0 saturated heterocycles. The third kappa shape index (κ3) is 7.07. The summed E-state index contributed by atoms with van der Waals surface area (Å²) >= 11 is 12.0. The molecule has 0 aliphatic carbocycles. The van der Waals surface area contributed by atoms with Crippen LogP contribution in [0.3, 0.4) is 0 Å². The summed E-state index contributed by atoms with van der Waals surface area (Å²) in [5.74, 6) is 0.468. The number of nitrogens with zero attached hydrogens (tertiary/aromatic N) is 2. The SMILES string of the molecule is Nc1ccc(CCN(c2cccnc2NCCNc2ccc(Cl)cc2)S(=O)(=O)c2ccc(Cl)cc2)cc1. The van der Waals surface area contributed by atoms with E-state index in [-0.39, 0.29) is 11.4 Å². The van der Waals surface area contributed by atoms with Crippen LogP contribution in [0.25, 0.3) is 0 Å². The molecule has 0 aliphatic rings. The number of nitrogens with one attached hydrogen (secondary N) is 2. The average Bonchev–Trinajstić information content (AvgIpc) is 2.90. The van der Waals surface area contributed by atoms with E-state index in [2.05, 4.69) is 15.6 Å². The van der Waals surface area contributed by atoms with Crippen LogP contribution in [0.15, 0.2) is 96.0 Å². The van der Waals surface area contributed by atoms with Crippen molar-refractivity contribution < 1.29 is 8.42 Å². The number of nitrogen functional groups attached to an aromatic ring is 1. The van der Waals surface area contributed by atoms with Crippen LogP contribution in [0, 0.1) is 0 Å². The lowest BCUT2D eigenvalue weighted by atomic mass is 10.1. The zero-order valence-corrected chi connectivity index (χ0v) is 22.3. The standard InChI is InChI=1S/C27H27Cl2N5O2S/c28-21-5-11-24(12-6-21)31-17-18-33-27-26(2-1-16-32-27)34(19-15-20-3-9-23(30)10-4-20)37(35,36)25-13-7-22(29)8-14-25/h1-14,16,31H,15,17-19,30H2,(H,32,33). The summed E-state index contributed by atoms with van der Waals surface area (Å²) in [5, 5.41) is 7.70. The second kappa shape index (κ2) is 12.2. The third-order valence-electron chi connectivity index (χ3n) is 5.63. The van der Waals surface area contributed by atoms with Gasteiger partial charge in [-0.25, -0.2) is 13.4 Å². The van der Waals surface area contributed by atoms with Gasteiger partial charge in [0.05, 0.1) is 10.6 Å². The summed E-state index contributed by atoms with van der Waals surface area (Å²) in [4.78, 5) is 4.59. The molecule has 0 fully saturated rings. The molecule has 0 atom stereocenters. The van der Waals surface area contributed by atoms with Crippen LogP contribution in [0.2, 0.25) is 10.0 Å². The zero-order valence-electron chi connectivity index (χ0n) is 19.9. The molecule has 0 spiro atoms. The molecule has 0 amide bonds. The summed E-state index contributed by atoms with van der Waals surface area (Å²) in [7, 11) is -3.91. The number of hydrogen-bond acceptors (Lipinski definition) is 6. The number of nitrogens with two attached hydrogens (primary N) is 1. The van der Waals surface area contributed by atoms with Crippen LogP contribution >= 0.6 is 23.2 Å². The Morgan fingerprint density at radius 2 is 1.43 bits per heavy atom. The first kappa shape index (κ1) is 26.6. The predicted octanol–water partition coefficient (Wildman–Crippen LogP) is 5.93. The molecule has 4 N–H and O–H groups in total. The van der Waals surface area contributed by atoms with Crippen molar-refractivity contribution in [2.24, 2.45) is 0 Å². The van der Waals surface area contributed by atoms with Crippen molar-refractivity contribution in [3.05, 3.63) is 107 Å². The minimum atomic E-state index is -3.91. The number of anilines is 4. The monoisotopic (exact) mass is 555 g/mol. The van der Waals surface area contributed by atoms with Crippen LogP contribution in [-0.4, -0.2) is 33.0 Å². The van der Waals surface area contributed by atoms with Crippen molar-refractivity contribution in [2.75, 3.05) is 40.3 Å². The van der Waals surface area contributed by atoms with Crippen LogP contribution in [0.4, 0.5) is 22.9 Å². The maximum Gasteiger partial charge on any atom is 0.264 e. The topological polar surface area (TPSA) is 100 Å². The van der Waals surface area contributed by atoms with Crippen molar-refractivity contribution in [2.45, 2.75) is 11.3 Å². The molecule has 0 saturated carbocycles. The third-order valence-corrected chi connectivity index (χ3v) is 7.96. The fourth-order valence-electron chi connectivity index (χ4n) is 3.71. The molecule has 192 valence electrons. The predicted molar refractivity (Wildman–Crippen MR) is 153 cm³/mol. The number of rotatable bonds is 11. The maximum atomic E-state index is 13.8. The molecular formula is C27H27Cl2N5O2S. The van der Waals surface area contributed by atoms with Gasteiger partial charge in [0.2, 0.25) is 0 Å². The van der Waals surface area contributed by atoms with Gasteiger partial charge in [0, 0.05) is 47.3 Å². The Kier molecular flexibility index (Phi) is 8.76. The Morgan fingerprint density at radius 1 is 0.811 bits per heavy atom. The molecule has 0 unspecified atom stereocenters. The van der Waals surface area contributed by atoms with Gasteiger partial charge in [0.15, 0.2) is 5.82 Å². The van der Waals surface area contributed by atoms with E-state index in [0.29, 0.717) is 46.7 Å². The van der Waals surface area contributed by atoms with Crippen LogP contribution in [0.5, 0.6) is 0 Å². The maximum absolute atomic E-state index is 13.8. The lowest BCUT2D eigenvalue weighted by Gasteiger charge is -2.26. The van der Waals surface area contributed by atoms with Crippen molar-refractivity contribution in [1.82, 2.24) is 4.98 Å². The number of aromatic nitrogens is 1. The minimum Gasteiger partial charge on any atom is -0.399 e. The number of pyridine rings is 1. The quantitative estimate of drug-likeness (QED) is 0.156. The number of hydrogen-bond donors (Lipinski definition) is 3. The van der Waals surface area contributed by atoms with Crippen LogP contribution in [-0.2, 0) is 16.4 Å². The van der Waals surface area contributed by atoms with E-state index in [1.165, 1.54) is 16.4 Å². The number of benzene rings is 3. The Labute approximate surface area is 227 Å². The van der Waals surface area contributed by atoms with E-state index in [1.54, 1.807) is 42.6 Å². The molecule has 1 aromatic heterocycles. The minimum absolute atomic E-state index is 0.147. The Morgan fingerprint density at radius 3 is 2.11 bits per heavy atom. The van der Waals surface area contributed by atoms with E-state index in [4.69, 9.17) is 28.9 Å². The van der Waals surface area contributed by atoms with Crippen LogP contribution < -0.4 is 20.7 Å². The molecule has 0 bridgehead atoms. The molecule has 7 nitrogen and oxygen atoms in total. The summed E-state index contributed by atoms with van der Waals surface area (Å²) in [6.45, 7) is 1.31.